The fourth-order valence-corrected chi connectivity index (χ4v) is 3.48. The van der Waals surface area contributed by atoms with E-state index in [4.69, 9.17) is 4.74 Å². The number of methoxy groups -OCH3 is 1. The summed E-state index contributed by atoms with van der Waals surface area (Å²) in [5.74, 6) is -0.575. The van der Waals surface area contributed by atoms with Crippen molar-refractivity contribution in [2.75, 3.05) is 7.11 Å². The molecule has 2 aromatic rings. The van der Waals surface area contributed by atoms with Crippen molar-refractivity contribution in [3.8, 4) is 11.5 Å². The molecule has 0 spiro atoms. The van der Waals surface area contributed by atoms with Crippen LogP contribution >= 0.6 is 0 Å². The lowest BCUT2D eigenvalue weighted by Crippen LogP contribution is -2.33. The molecular formula is C19H17FN2O4. The molecule has 1 saturated heterocycles. The highest BCUT2D eigenvalue weighted by molar-refractivity contribution is 6.05. The molecule has 2 fully saturated rings. The number of carbonyl (C=O) groups excluding carboxylic acids is 2. The molecule has 6 nitrogen and oxygen atoms in total. The molecule has 1 heterocycles. The van der Waals surface area contributed by atoms with Crippen molar-refractivity contribution in [2.24, 2.45) is 0 Å². The summed E-state index contributed by atoms with van der Waals surface area (Å²) >= 11 is 0. The Bertz CT molecular complexity index is 901. The first-order chi connectivity index (χ1) is 12.5. The second-order valence-electron chi connectivity index (χ2n) is 6.49. The lowest BCUT2D eigenvalue weighted by atomic mass is 10.1. The monoisotopic (exact) mass is 356 g/mol. The van der Waals surface area contributed by atoms with E-state index in [-0.39, 0.29) is 35.2 Å². The van der Waals surface area contributed by atoms with Gasteiger partial charge in [0.1, 0.15) is 11.9 Å². The molecule has 0 radical (unpaired) electrons. The SMILES string of the molecule is COc1ccc(C2NC(=O)N([C@@H]3C[C@H]3c3cccc(F)c3)C2=O)cc1O. The Hall–Kier alpha value is -3.09. The van der Waals surface area contributed by atoms with Crippen molar-refractivity contribution in [1.82, 2.24) is 10.2 Å². The van der Waals surface area contributed by atoms with Gasteiger partial charge in [-0.25, -0.2) is 9.18 Å². The highest BCUT2D eigenvalue weighted by Crippen LogP contribution is 2.47. The maximum absolute atomic E-state index is 13.4. The number of phenols is 1. The van der Waals surface area contributed by atoms with Crippen LogP contribution in [0.1, 0.15) is 29.5 Å². The quantitative estimate of drug-likeness (QED) is 0.826. The van der Waals surface area contributed by atoms with E-state index in [0.717, 1.165) is 5.56 Å². The van der Waals surface area contributed by atoms with E-state index in [1.54, 1.807) is 24.3 Å². The van der Waals surface area contributed by atoms with Crippen molar-refractivity contribution in [2.45, 2.75) is 24.4 Å². The van der Waals surface area contributed by atoms with Gasteiger partial charge >= 0.3 is 6.03 Å². The summed E-state index contributed by atoms with van der Waals surface area (Å²) in [5, 5.41) is 12.6. The lowest BCUT2D eigenvalue weighted by molar-refractivity contribution is -0.128. The van der Waals surface area contributed by atoms with Crippen LogP contribution in [0.3, 0.4) is 0 Å². The number of hydrogen-bond acceptors (Lipinski definition) is 4. The number of rotatable bonds is 4. The zero-order valence-electron chi connectivity index (χ0n) is 14.0. The lowest BCUT2D eigenvalue weighted by Gasteiger charge is -2.14. The van der Waals surface area contributed by atoms with Gasteiger partial charge in [0.2, 0.25) is 0 Å². The van der Waals surface area contributed by atoms with Crippen LogP contribution in [0, 0.1) is 5.82 Å². The summed E-state index contributed by atoms with van der Waals surface area (Å²) in [7, 11) is 1.43. The largest absolute Gasteiger partial charge is 0.504 e. The number of aromatic hydroxyl groups is 1. The van der Waals surface area contributed by atoms with Gasteiger partial charge in [0.05, 0.1) is 7.11 Å². The molecule has 7 heteroatoms. The molecule has 26 heavy (non-hydrogen) atoms. The van der Waals surface area contributed by atoms with E-state index in [0.29, 0.717) is 12.0 Å². The molecule has 3 atom stereocenters. The molecule has 1 unspecified atom stereocenters. The van der Waals surface area contributed by atoms with E-state index in [9.17, 15) is 19.1 Å². The van der Waals surface area contributed by atoms with Crippen LogP contribution in [0.25, 0.3) is 0 Å². The molecule has 1 aliphatic heterocycles. The van der Waals surface area contributed by atoms with Crippen molar-refractivity contribution in [1.29, 1.82) is 0 Å². The van der Waals surface area contributed by atoms with E-state index < -0.39 is 12.1 Å². The number of ether oxygens (including phenoxy) is 1. The molecular weight excluding hydrogens is 339 g/mol. The van der Waals surface area contributed by atoms with Crippen molar-refractivity contribution in [3.63, 3.8) is 0 Å². The van der Waals surface area contributed by atoms with E-state index in [1.807, 2.05) is 0 Å². The van der Waals surface area contributed by atoms with Crippen molar-refractivity contribution < 1.29 is 23.8 Å². The summed E-state index contributed by atoms with van der Waals surface area (Å²) in [5.41, 5.74) is 1.26. The third-order valence-corrected chi connectivity index (χ3v) is 4.87. The Morgan fingerprint density at radius 1 is 1.19 bits per heavy atom. The number of phenolic OH excluding ortho intramolecular Hbond substituents is 1. The molecule has 4 rings (SSSR count). The molecule has 1 saturated carbocycles. The standard InChI is InChI=1S/C19H17FN2O4/c1-26-16-6-5-11(8-15(16)23)17-18(24)22(19(25)21-17)14-9-13(14)10-3-2-4-12(20)7-10/h2-8,13-14,17,23H,9H2,1H3,(H,21,25)/t13-,14+,17?/m0/s1. The number of hydrogen-bond donors (Lipinski definition) is 2. The van der Waals surface area contributed by atoms with Gasteiger partial charge in [-0.3, -0.25) is 9.69 Å². The Morgan fingerprint density at radius 3 is 2.69 bits per heavy atom. The second kappa shape index (κ2) is 6.01. The first-order valence-electron chi connectivity index (χ1n) is 8.25. The highest BCUT2D eigenvalue weighted by atomic mass is 19.1. The number of carbonyl (C=O) groups is 2. The van der Waals surface area contributed by atoms with Crippen LogP contribution in [0.15, 0.2) is 42.5 Å². The number of imide groups is 1. The molecule has 134 valence electrons. The van der Waals surface area contributed by atoms with Gasteiger partial charge in [0.25, 0.3) is 5.91 Å². The fourth-order valence-electron chi connectivity index (χ4n) is 3.48. The Kier molecular flexibility index (Phi) is 3.79. The van der Waals surface area contributed by atoms with Gasteiger partial charge in [0.15, 0.2) is 11.5 Å². The van der Waals surface area contributed by atoms with Gasteiger partial charge in [-0.05, 0) is 41.8 Å². The number of benzene rings is 2. The van der Waals surface area contributed by atoms with Crippen LogP contribution in [0.4, 0.5) is 9.18 Å². The predicted molar refractivity (Wildman–Crippen MR) is 90.3 cm³/mol. The number of amides is 3. The minimum atomic E-state index is -0.854. The van der Waals surface area contributed by atoms with Crippen LogP contribution < -0.4 is 10.1 Å². The topological polar surface area (TPSA) is 78.9 Å². The number of halogens is 1. The molecule has 0 bridgehead atoms. The third kappa shape index (κ3) is 2.65. The fraction of sp³-hybridized carbons (Fsp3) is 0.263. The van der Waals surface area contributed by atoms with Gasteiger partial charge in [0, 0.05) is 12.0 Å². The zero-order valence-corrected chi connectivity index (χ0v) is 14.0. The maximum atomic E-state index is 13.4. The first kappa shape index (κ1) is 16.4. The van der Waals surface area contributed by atoms with Crippen LogP contribution in [-0.4, -0.2) is 35.1 Å². The number of nitrogens with one attached hydrogen (secondary N) is 1. The summed E-state index contributed by atoms with van der Waals surface area (Å²) in [6, 6.07) is 9.18. The average molecular weight is 356 g/mol. The van der Waals surface area contributed by atoms with Gasteiger partial charge in [-0.2, -0.15) is 0 Å². The first-order valence-corrected chi connectivity index (χ1v) is 8.25. The van der Waals surface area contributed by atoms with E-state index in [1.165, 1.54) is 30.2 Å². The Balaban J connectivity index is 1.54. The van der Waals surface area contributed by atoms with Crippen molar-refractivity contribution in [3.05, 3.63) is 59.4 Å². The van der Waals surface area contributed by atoms with Crippen LogP contribution in [-0.2, 0) is 4.79 Å². The van der Waals surface area contributed by atoms with Crippen molar-refractivity contribution >= 4 is 11.9 Å². The molecule has 0 aromatic heterocycles. The summed E-state index contributed by atoms with van der Waals surface area (Å²) in [4.78, 5) is 26.3. The van der Waals surface area contributed by atoms with E-state index in [2.05, 4.69) is 5.32 Å². The summed E-state index contributed by atoms with van der Waals surface area (Å²) in [6.07, 6.45) is 0.614. The second-order valence-corrected chi connectivity index (χ2v) is 6.49. The minimum absolute atomic E-state index is 0.0524. The third-order valence-electron chi connectivity index (χ3n) is 4.87. The van der Waals surface area contributed by atoms with Gasteiger partial charge in [-0.15, -0.1) is 0 Å². The molecule has 3 amide bonds. The normalized spacial score (nSPS) is 24.5. The average Bonchev–Trinajstić information content (AvgIpc) is 3.34. The Labute approximate surface area is 149 Å². The Morgan fingerprint density at radius 2 is 2.00 bits per heavy atom. The minimum Gasteiger partial charge on any atom is -0.504 e. The number of nitrogens with zero attached hydrogens (tertiary/aromatic N) is 1. The van der Waals surface area contributed by atoms with Gasteiger partial charge < -0.3 is 15.2 Å². The highest BCUT2D eigenvalue weighted by Gasteiger charge is 2.52. The maximum Gasteiger partial charge on any atom is 0.325 e. The zero-order chi connectivity index (χ0) is 18.4. The predicted octanol–water partition coefficient (Wildman–Crippen LogP) is 2.69. The molecule has 2 aliphatic rings. The van der Waals surface area contributed by atoms with Gasteiger partial charge in [-0.1, -0.05) is 18.2 Å². The van der Waals surface area contributed by atoms with E-state index >= 15 is 0 Å². The summed E-state index contributed by atoms with van der Waals surface area (Å²) < 4.78 is 18.4. The van der Waals surface area contributed by atoms with Crippen LogP contribution in [0.2, 0.25) is 0 Å². The number of urea groups is 1. The summed E-state index contributed by atoms with van der Waals surface area (Å²) in [6.45, 7) is 0. The van der Waals surface area contributed by atoms with Crippen LogP contribution in [0.5, 0.6) is 11.5 Å². The smallest absolute Gasteiger partial charge is 0.325 e. The molecule has 1 aliphatic carbocycles. The molecule has 2 N–H and O–H groups in total. The molecule has 2 aromatic carbocycles.